The number of oxime groups is 1. The highest BCUT2D eigenvalue weighted by Crippen LogP contribution is 2.09. The number of nitrogens with zero attached hydrogens (tertiary/aromatic N) is 3. The van der Waals surface area contributed by atoms with Crippen LogP contribution in [0, 0.1) is 12.8 Å². The van der Waals surface area contributed by atoms with Gasteiger partial charge in [0.2, 0.25) is 0 Å². The molecule has 0 bridgehead atoms. The fourth-order valence-corrected chi connectivity index (χ4v) is 2.04. The third-order valence-electron chi connectivity index (χ3n) is 2.77. The molecule has 5 heteroatoms. The van der Waals surface area contributed by atoms with Crippen molar-refractivity contribution in [1.29, 1.82) is 0 Å². The fourth-order valence-electron chi connectivity index (χ4n) is 2.04. The third-order valence-corrected chi connectivity index (χ3v) is 2.77. The highest BCUT2D eigenvalue weighted by molar-refractivity contribution is 5.79. The number of rotatable bonds is 7. The van der Waals surface area contributed by atoms with Gasteiger partial charge in [-0.25, -0.2) is 0 Å². The van der Waals surface area contributed by atoms with Gasteiger partial charge in [0.05, 0.1) is 0 Å². The van der Waals surface area contributed by atoms with Crippen molar-refractivity contribution in [2.75, 3.05) is 13.1 Å². The predicted octanol–water partition coefficient (Wildman–Crippen LogP) is 1.98. The van der Waals surface area contributed by atoms with E-state index in [1.54, 1.807) is 0 Å². The molecule has 1 aromatic heterocycles. The molecular formula is C14H24N4O. The normalized spacial score (nSPS) is 12.4. The summed E-state index contributed by atoms with van der Waals surface area (Å²) >= 11 is 0. The zero-order chi connectivity index (χ0) is 14.3. The summed E-state index contributed by atoms with van der Waals surface area (Å²) in [5, 5.41) is 11.6. The molecule has 5 nitrogen and oxygen atoms in total. The Morgan fingerprint density at radius 2 is 2.21 bits per heavy atom. The van der Waals surface area contributed by atoms with Crippen LogP contribution in [0.2, 0.25) is 0 Å². The molecule has 0 fully saturated rings. The lowest BCUT2D eigenvalue weighted by molar-refractivity contribution is 0.240. The van der Waals surface area contributed by atoms with Crippen LogP contribution >= 0.6 is 0 Å². The second-order valence-corrected chi connectivity index (χ2v) is 5.34. The maximum absolute atomic E-state index is 8.59. The fraction of sp³-hybridized carbons (Fsp3) is 0.571. The van der Waals surface area contributed by atoms with Gasteiger partial charge < -0.3 is 10.9 Å². The molecule has 0 atom stereocenters. The SMILES string of the molecule is Cc1cncc(CN(CC/C(N)=N/O)CC(C)C)c1. The first-order valence-electron chi connectivity index (χ1n) is 6.60. The number of aryl methyl sites for hydroxylation is 1. The summed E-state index contributed by atoms with van der Waals surface area (Å²) in [6.45, 7) is 9.01. The molecule has 0 aliphatic heterocycles. The van der Waals surface area contributed by atoms with Crippen LogP contribution in [-0.2, 0) is 6.54 Å². The molecule has 106 valence electrons. The monoisotopic (exact) mass is 264 g/mol. The van der Waals surface area contributed by atoms with Gasteiger partial charge in [-0.05, 0) is 24.0 Å². The Balaban J connectivity index is 2.63. The van der Waals surface area contributed by atoms with Gasteiger partial charge in [0.1, 0.15) is 5.84 Å². The number of nitrogens with two attached hydrogens (primary N) is 1. The maximum atomic E-state index is 8.59. The Bertz CT molecular complexity index is 418. The van der Waals surface area contributed by atoms with Crippen LogP contribution < -0.4 is 5.73 Å². The molecule has 0 radical (unpaired) electrons. The van der Waals surface area contributed by atoms with Crippen molar-refractivity contribution in [2.45, 2.75) is 33.7 Å². The summed E-state index contributed by atoms with van der Waals surface area (Å²) in [5.41, 5.74) is 7.89. The first-order chi connectivity index (χ1) is 9.01. The van der Waals surface area contributed by atoms with Gasteiger partial charge in [0, 0.05) is 38.4 Å². The lowest BCUT2D eigenvalue weighted by atomic mass is 10.1. The van der Waals surface area contributed by atoms with Gasteiger partial charge in [-0.2, -0.15) is 0 Å². The largest absolute Gasteiger partial charge is 0.409 e. The first-order valence-corrected chi connectivity index (χ1v) is 6.60. The molecule has 3 N–H and O–H groups in total. The topological polar surface area (TPSA) is 74.7 Å². The van der Waals surface area contributed by atoms with Crippen molar-refractivity contribution in [1.82, 2.24) is 9.88 Å². The van der Waals surface area contributed by atoms with Crippen molar-refractivity contribution in [2.24, 2.45) is 16.8 Å². The Morgan fingerprint density at radius 3 is 2.79 bits per heavy atom. The Morgan fingerprint density at radius 1 is 1.47 bits per heavy atom. The van der Waals surface area contributed by atoms with Crippen LogP contribution in [0.25, 0.3) is 0 Å². The van der Waals surface area contributed by atoms with Gasteiger partial charge in [0.15, 0.2) is 0 Å². The number of hydrogen-bond acceptors (Lipinski definition) is 4. The van der Waals surface area contributed by atoms with E-state index in [4.69, 9.17) is 10.9 Å². The minimum absolute atomic E-state index is 0.274. The van der Waals surface area contributed by atoms with E-state index in [1.807, 2.05) is 19.3 Å². The van der Waals surface area contributed by atoms with Crippen LogP contribution in [0.3, 0.4) is 0 Å². The van der Waals surface area contributed by atoms with Gasteiger partial charge in [-0.15, -0.1) is 0 Å². The number of aromatic nitrogens is 1. The van der Waals surface area contributed by atoms with E-state index in [1.165, 1.54) is 11.1 Å². The van der Waals surface area contributed by atoms with E-state index < -0.39 is 0 Å². The molecule has 19 heavy (non-hydrogen) atoms. The minimum Gasteiger partial charge on any atom is -0.409 e. The van der Waals surface area contributed by atoms with Crippen molar-refractivity contribution in [3.63, 3.8) is 0 Å². The lowest BCUT2D eigenvalue weighted by Gasteiger charge is -2.24. The molecule has 0 aliphatic carbocycles. The molecule has 0 saturated heterocycles. The summed E-state index contributed by atoms with van der Waals surface area (Å²) in [6.07, 6.45) is 4.32. The van der Waals surface area contributed by atoms with Crippen molar-refractivity contribution >= 4 is 5.84 Å². The predicted molar refractivity (Wildman–Crippen MR) is 77.1 cm³/mol. The molecular weight excluding hydrogens is 240 g/mol. The highest BCUT2D eigenvalue weighted by Gasteiger charge is 2.09. The van der Waals surface area contributed by atoms with E-state index in [2.05, 4.69) is 35.0 Å². The van der Waals surface area contributed by atoms with Gasteiger partial charge >= 0.3 is 0 Å². The average Bonchev–Trinajstić information content (AvgIpc) is 2.35. The number of amidine groups is 1. The summed E-state index contributed by atoms with van der Waals surface area (Å²) in [5.74, 6) is 0.848. The van der Waals surface area contributed by atoms with Gasteiger partial charge in [-0.1, -0.05) is 25.1 Å². The zero-order valence-corrected chi connectivity index (χ0v) is 12.0. The summed E-state index contributed by atoms with van der Waals surface area (Å²) < 4.78 is 0. The van der Waals surface area contributed by atoms with Crippen molar-refractivity contribution in [3.8, 4) is 0 Å². The molecule has 0 saturated carbocycles. The van der Waals surface area contributed by atoms with Crippen molar-refractivity contribution in [3.05, 3.63) is 29.6 Å². The quantitative estimate of drug-likeness (QED) is 0.342. The zero-order valence-electron chi connectivity index (χ0n) is 12.0. The lowest BCUT2D eigenvalue weighted by Crippen LogP contribution is -2.31. The van der Waals surface area contributed by atoms with Crippen LogP contribution in [0.15, 0.2) is 23.6 Å². The molecule has 1 aromatic rings. The van der Waals surface area contributed by atoms with E-state index >= 15 is 0 Å². The van der Waals surface area contributed by atoms with Crippen molar-refractivity contribution < 1.29 is 5.21 Å². The molecule has 0 aliphatic rings. The molecule has 0 spiro atoms. The number of pyridine rings is 1. The molecule has 1 heterocycles. The second kappa shape index (κ2) is 7.74. The van der Waals surface area contributed by atoms with Gasteiger partial charge in [0.25, 0.3) is 0 Å². The summed E-state index contributed by atoms with van der Waals surface area (Å²) in [6, 6.07) is 2.14. The third kappa shape index (κ3) is 6.20. The van der Waals surface area contributed by atoms with E-state index in [0.717, 1.165) is 19.6 Å². The molecule has 0 aromatic carbocycles. The minimum atomic E-state index is 0.274. The average molecular weight is 264 g/mol. The van der Waals surface area contributed by atoms with Crippen LogP contribution in [-0.4, -0.2) is 34.0 Å². The highest BCUT2D eigenvalue weighted by atomic mass is 16.4. The Kier molecular flexibility index (Phi) is 6.29. The molecule has 1 rings (SSSR count). The first kappa shape index (κ1) is 15.4. The second-order valence-electron chi connectivity index (χ2n) is 5.34. The van der Waals surface area contributed by atoms with Crippen LogP contribution in [0.4, 0.5) is 0 Å². The standard InChI is InChI=1S/C14H24N4O/c1-11(2)9-18(5-4-14(15)17-19)10-13-6-12(3)7-16-8-13/h6-8,11,19H,4-5,9-10H2,1-3H3,(H2,15,17). The Hall–Kier alpha value is -1.62. The van der Waals surface area contributed by atoms with Gasteiger partial charge in [-0.3, -0.25) is 9.88 Å². The van der Waals surface area contributed by atoms with Crippen LogP contribution in [0.1, 0.15) is 31.4 Å². The number of hydrogen-bond donors (Lipinski definition) is 2. The van der Waals surface area contributed by atoms with E-state index in [9.17, 15) is 0 Å². The van der Waals surface area contributed by atoms with E-state index in [-0.39, 0.29) is 5.84 Å². The summed E-state index contributed by atoms with van der Waals surface area (Å²) in [7, 11) is 0. The van der Waals surface area contributed by atoms with E-state index in [0.29, 0.717) is 12.3 Å². The molecule has 0 unspecified atom stereocenters. The van der Waals surface area contributed by atoms with Crippen LogP contribution in [0.5, 0.6) is 0 Å². The molecule has 0 amide bonds. The maximum Gasteiger partial charge on any atom is 0.140 e. The smallest absolute Gasteiger partial charge is 0.140 e. The summed E-state index contributed by atoms with van der Waals surface area (Å²) in [4.78, 5) is 6.52. The Labute approximate surface area is 115 Å².